The maximum atomic E-state index is 6.28. The van der Waals surface area contributed by atoms with E-state index in [2.05, 4.69) is 37.7 Å². The third-order valence-electron chi connectivity index (χ3n) is 3.78. The van der Waals surface area contributed by atoms with Crippen LogP contribution in [0.3, 0.4) is 0 Å². The highest BCUT2D eigenvalue weighted by Gasteiger charge is 2.35. The summed E-state index contributed by atoms with van der Waals surface area (Å²) in [5.41, 5.74) is 8.35. The van der Waals surface area contributed by atoms with Gasteiger partial charge in [0.05, 0.1) is 11.4 Å². The van der Waals surface area contributed by atoms with Crippen molar-refractivity contribution in [3.63, 3.8) is 0 Å². The SMILES string of the molecule is CC(C)c1nn(C)c(N2CCCC2(C)C)c1N. The maximum Gasteiger partial charge on any atom is 0.150 e. The van der Waals surface area contributed by atoms with Crippen LogP contribution in [0, 0.1) is 0 Å². The summed E-state index contributed by atoms with van der Waals surface area (Å²) in [7, 11) is 1.99. The zero-order valence-electron chi connectivity index (χ0n) is 11.6. The van der Waals surface area contributed by atoms with Gasteiger partial charge in [0.1, 0.15) is 0 Å². The van der Waals surface area contributed by atoms with Gasteiger partial charge in [-0.3, -0.25) is 4.68 Å². The molecule has 0 radical (unpaired) electrons. The van der Waals surface area contributed by atoms with Crippen LogP contribution < -0.4 is 10.6 Å². The normalized spacial score (nSPS) is 19.3. The van der Waals surface area contributed by atoms with E-state index in [0.717, 1.165) is 23.7 Å². The molecule has 0 aliphatic carbocycles. The van der Waals surface area contributed by atoms with Gasteiger partial charge < -0.3 is 10.6 Å². The number of aryl methyl sites for hydroxylation is 1. The van der Waals surface area contributed by atoms with Gasteiger partial charge in [-0.1, -0.05) is 13.8 Å². The lowest BCUT2D eigenvalue weighted by molar-refractivity contribution is 0.506. The number of hydrogen-bond acceptors (Lipinski definition) is 3. The van der Waals surface area contributed by atoms with E-state index in [9.17, 15) is 0 Å². The molecule has 4 heteroatoms. The van der Waals surface area contributed by atoms with Gasteiger partial charge in [-0.05, 0) is 32.6 Å². The first-order chi connectivity index (χ1) is 7.84. The van der Waals surface area contributed by atoms with E-state index in [4.69, 9.17) is 5.73 Å². The van der Waals surface area contributed by atoms with Crippen molar-refractivity contribution in [3.05, 3.63) is 5.69 Å². The number of anilines is 2. The van der Waals surface area contributed by atoms with Crippen LogP contribution >= 0.6 is 0 Å². The molecule has 2 heterocycles. The first kappa shape index (κ1) is 12.3. The summed E-state index contributed by atoms with van der Waals surface area (Å²) in [4.78, 5) is 2.40. The molecule has 1 aliphatic rings. The van der Waals surface area contributed by atoms with Crippen molar-refractivity contribution in [1.29, 1.82) is 0 Å². The zero-order valence-corrected chi connectivity index (χ0v) is 11.6. The standard InChI is InChI=1S/C13H24N4/c1-9(2)11-10(14)12(16(5)15-11)17-8-6-7-13(17,3)4/h9H,6-8,14H2,1-5H3. The number of rotatable bonds is 2. The van der Waals surface area contributed by atoms with E-state index < -0.39 is 0 Å². The van der Waals surface area contributed by atoms with E-state index >= 15 is 0 Å². The molecule has 1 aromatic rings. The van der Waals surface area contributed by atoms with Crippen molar-refractivity contribution < 1.29 is 0 Å². The van der Waals surface area contributed by atoms with Gasteiger partial charge in [-0.15, -0.1) is 0 Å². The molecule has 2 N–H and O–H groups in total. The molecule has 1 saturated heterocycles. The van der Waals surface area contributed by atoms with Crippen molar-refractivity contribution in [3.8, 4) is 0 Å². The van der Waals surface area contributed by atoms with Crippen LogP contribution in [0.1, 0.15) is 52.1 Å². The Labute approximate surface area is 104 Å². The van der Waals surface area contributed by atoms with Gasteiger partial charge in [0.2, 0.25) is 0 Å². The van der Waals surface area contributed by atoms with E-state index in [-0.39, 0.29) is 5.54 Å². The smallest absolute Gasteiger partial charge is 0.150 e. The highest BCUT2D eigenvalue weighted by molar-refractivity contribution is 5.68. The van der Waals surface area contributed by atoms with Crippen LogP contribution in [0.15, 0.2) is 0 Å². The fraction of sp³-hybridized carbons (Fsp3) is 0.769. The molecular weight excluding hydrogens is 212 g/mol. The Morgan fingerprint density at radius 1 is 1.35 bits per heavy atom. The van der Waals surface area contributed by atoms with Gasteiger partial charge in [0.25, 0.3) is 0 Å². The quantitative estimate of drug-likeness (QED) is 0.858. The minimum atomic E-state index is 0.191. The number of hydrogen-bond donors (Lipinski definition) is 1. The van der Waals surface area contributed by atoms with Crippen molar-refractivity contribution in [2.24, 2.45) is 7.05 Å². The molecular formula is C13H24N4. The number of aromatic nitrogens is 2. The Balaban J connectivity index is 2.46. The van der Waals surface area contributed by atoms with Crippen molar-refractivity contribution >= 4 is 11.5 Å². The predicted molar refractivity (Wildman–Crippen MR) is 72.4 cm³/mol. The maximum absolute atomic E-state index is 6.28. The topological polar surface area (TPSA) is 47.1 Å². The second-order valence-electron chi connectivity index (χ2n) is 5.97. The minimum absolute atomic E-state index is 0.191. The van der Waals surface area contributed by atoms with Crippen molar-refractivity contribution in [2.45, 2.75) is 52.0 Å². The first-order valence-electron chi connectivity index (χ1n) is 6.44. The van der Waals surface area contributed by atoms with Crippen molar-refractivity contribution in [1.82, 2.24) is 9.78 Å². The minimum Gasteiger partial charge on any atom is -0.394 e. The molecule has 4 nitrogen and oxygen atoms in total. The monoisotopic (exact) mass is 236 g/mol. The summed E-state index contributed by atoms with van der Waals surface area (Å²) in [6.45, 7) is 9.91. The number of nitrogens with zero attached hydrogens (tertiary/aromatic N) is 3. The molecule has 17 heavy (non-hydrogen) atoms. The van der Waals surface area contributed by atoms with Crippen LogP contribution in [0.25, 0.3) is 0 Å². The molecule has 0 spiro atoms. The molecule has 0 aromatic carbocycles. The van der Waals surface area contributed by atoms with Gasteiger partial charge in [0.15, 0.2) is 5.82 Å². The van der Waals surface area contributed by atoms with Crippen LogP contribution in [0.4, 0.5) is 11.5 Å². The van der Waals surface area contributed by atoms with Gasteiger partial charge >= 0.3 is 0 Å². The second kappa shape index (κ2) is 3.93. The highest BCUT2D eigenvalue weighted by Crippen LogP contribution is 2.39. The van der Waals surface area contributed by atoms with Gasteiger partial charge in [-0.25, -0.2) is 0 Å². The van der Waals surface area contributed by atoms with Crippen molar-refractivity contribution in [2.75, 3.05) is 17.2 Å². The summed E-state index contributed by atoms with van der Waals surface area (Å²) in [5, 5.41) is 4.57. The lowest BCUT2D eigenvalue weighted by atomic mass is 10.0. The van der Waals surface area contributed by atoms with Gasteiger partial charge in [-0.2, -0.15) is 5.10 Å². The Kier molecular flexibility index (Phi) is 2.84. The predicted octanol–water partition coefficient (Wildman–Crippen LogP) is 2.50. The van der Waals surface area contributed by atoms with Crippen LogP contribution in [0.5, 0.6) is 0 Å². The molecule has 0 bridgehead atoms. The lowest BCUT2D eigenvalue weighted by Crippen LogP contribution is -2.39. The Hall–Kier alpha value is -1.19. The van der Waals surface area contributed by atoms with E-state index in [0.29, 0.717) is 5.92 Å². The van der Waals surface area contributed by atoms with Gasteiger partial charge in [0, 0.05) is 19.1 Å². The first-order valence-corrected chi connectivity index (χ1v) is 6.44. The Morgan fingerprint density at radius 3 is 2.41 bits per heavy atom. The molecule has 0 amide bonds. The molecule has 0 unspecified atom stereocenters. The number of nitrogen functional groups attached to an aromatic ring is 1. The highest BCUT2D eigenvalue weighted by atomic mass is 15.4. The average molecular weight is 236 g/mol. The Bertz CT molecular complexity index is 417. The molecule has 1 fully saturated rings. The number of nitrogens with two attached hydrogens (primary N) is 1. The van der Waals surface area contributed by atoms with E-state index in [1.54, 1.807) is 0 Å². The fourth-order valence-corrected chi connectivity index (χ4v) is 2.80. The molecule has 96 valence electrons. The third-order valence-corrected chi connectivity index (χ3v) is 3.78. The molecule has 1 aromatic heterocycles. The van der Waals surface area contributed by atoms with E-state index in [1.807, 2.05) is 11.7 Å². The summed E-state index contributed by atoms with van der Waals surface area (Å²) in [5.74, 6) is 1.47. The summed E-state index contributed by atoms with van der Waals surface area (Å²) >= 11 is 0. The summed E-state index contributed by atoms with van der Waals surface area (Å²) in [6, 6.07) is 0. The lowest BCUT2D eigenvalue weighted by Gasteiger charge is -2.33. The Morgan fingerprint density at radius 2 is 2.00 bits per heavy atom. The third kappa shape index (κ3) is 1.90. The van der Waals surface area contributed by atoms with Crippen LogP contribution in [-0.4, -0.2) is 21.9 Å². The molecule has 0 saturated carbocycles. The largest absolute Gasteiger partial charge is 0.394 e. The molecule has 1 aliphatic heterocycles. The molecule has 0 atom stereocenters. The second-order valence-corrected chi connectivity index (χ2v) is 5.97. The summed E-state index contributed by atoms with van der Waals surface area (Å²) < 4.78 is 1.94. The molecule has 2 rings (SSSR count). The average Bonchev–Trinajstić information content (AvgIpc) is 2.67. The zero-order chi connectivity index (χ0) is 12.8. The summed E-state index contributed by atoms with van der Waals surface area (Å²) in [6.07, 6.45) is 2.45. The van der Waals surface area contributed by atoms with Crippen LogP contribution in [-0.2, 0) is 7.05 Å². The van der Waals surface area contributed by atoms with Crippen LogP contribution in [0.2, 0.25) is 0 Å². The fourth-order valence-electron chi connectivity index (χ4n) is 2.80. The van der Waals surface area contributed by atoms with E-state index in [1.165, 1.54) is 12.8 Å².